The fraction of sp³-hybridized carbons (Fsp3) is 0.0714. The summed E-state index contributed by atoms with van der Waals surface area (Å²) in [5.74, 6) is 0.870. The normalized spacial score (nSPS) is 11.1. The van der Waals surface area contributed by atoms with E-state index in [9.17, 15) is 9.59 Å². The third-order valence-electron chi connectivity index (χ3n) is 6.44. The second kappa shape index (κ2) is 9.25. The Balaban J connectivity index is 1.21. The number of anilines is 4. The molecule has 0 bridgehead atoms. The first-order valence-corrected chi connectivity index (χ1v) is 12.0. The van der Waals surface area contributed by atoms with Gasteiger partial charge in [0.15, 0.2) is 0 Å². The van der Waals surface area contributed by atoms with E-state index >= 15 is 0 Å². The van der Waals surface area contributed by atoms with Crippen LogP contribution in [0.2, 0.25) is 0 Å². The summed E-state index contributed by atoms with van der Waals surface area (Å²) >= 11 is 0. The number of urea groups is 2. The number of fused-ring (bicyclic) bond motifs is 3. The van der Waals surface area contributed by atoms with Crippen molar-refractivity contribution in [2.24, 2.45) is 14.1 Å². The van der Waals surface area contributed by atoms with Gasteiger partial charge in [-0.1, -0.05) is 48.5 Å². The zero-order valence-electron chi connectivity index (χ0n) is 20.7. The summed E-state index contributed by atoms with van der Waals surface area (Å²) in [7, 11) is 3.69. The molecule has 10 heteroatoms. The van der Waals surface area contributed by atoms with Crippen LogP contribution >= 0.6 is 0 Å². The summed E-state index contributed by atoms with van der Waals surface area (Å²) in [5, 5.41) is 13.0. The van der Waals surface area contributed by atoms with Crippen LogP contribution in [0, 0.1) is 0 Å². The van der Waals surface area contributed by atoms with Gasteiger partial charge in [-0.3, -0.25) is 10.6 Å². The number of carbonyl (C=O) groups is 2. The zero-order chi connectivity index (χ0) is 26.2. The van der Waals surface area contributed by atoms with Crippen molar-refractivity contribution in [1.82, 2.24) is 19.1 Å². The maximum absolute atomic E-state index is 12.9. The predicted molar refractivity (Wildman–Crippen MR) is 151 cm³/mol. The molecule has 2 aromatic heterocycles. The molecule has 0 aliphatic carbocycles. The molecule has 0 aliphatic rings. The minimum absolute atomic E-state index is 0.422. The summed E-state index contributed by atoms with van der Waals surface area (Å²) in [6.45, 7) is 0. The molecule has 0 atom stereocenters. The molecule has 0 saturated heterocycles. The van der Waals surface area contributed by atoms with Gasteiger partial charge in [0.1, 0.15) is 0 Å². The van der Waals surface area contributed by atoms with E-state index in [0.29, 0.717) is 23.3 Å². The first-order valence-electron chi connectivity index (χ1n) is 12.0. The van der Waals surface area contributed by atoms with Crippen molar-refractivity contribution >= 4 is 68.2 Å². The maximum atomic E-state index is 12.9. The van der Waals surface area contributed by atoms with Crippen molar-refractivity contribution in [2.75, 3.05) is 21.3 Å². The molecule has 6 rings (SSSR count). The first kappa shape index (κ1) is 23.0. The molecule has 6 aromatic rings. The van der Waals surface area contributed by atoms with Crippen LogP contribution in [0.25, 0.3) is 32.8 Å². The van der Waals surface area contributed by atoms with Crippen LogP contribution in [0.3, 0.4) is 0 Å². The quantitative estimate of drug-likeness (QED) is 0.239. The molecule has 0 fully saturated rings. The van der Waals surface area contributed by atoms with Crippen LogP contribution in [-0.4, -0.2) is 31.2 Å². The Morgan fingerprint density at radius 2 is 0.974 bits per heavy atom. The summed E-state index contributed by atoms with van der Waals surface area (Å²) in [6, 6.07) is 25.5. The van der Waals surface area contributed by atoms with Gasteiger partial charge in [0.05, 0.1) is 33.4 Å². The molecule has 188 valence electrons. The highest BCUT2D eigenvalue weighted by molar-refractivity contribution is 6.11. The number of rotatable bonds is 4. The number of hydrogen-bond acceptors (Lipinski definition) is 4. The highest BCUT2D eigenvalue weighted by Crippen LogP contribution is 2.30. The minimum Gasteiger partial charge on any atom is -0.313 e. The van der Waals surface area contributed by atoms with Gasteiger partial charge in [-0.25, -0.2) is 19.6 Å². The Kier molecular flexibility index (Phi) is 5.61. The Morgan fingerprint density at radius 1 is 0.553 bits per heavy atom. The highest BCUT2D eigenvalue weighted by Gasteiger charge is 2.14. The minimum atomic E-state index is -0.422. The lowest BCUT2D eigenvalue weighted by Crippen LogP contribution is -2.22. The van der Waals surface area contributed by atoms with E-state index in [-0.39, 0.29) is 0 Å². The van der Waals surface area contributed by atoms with Crippen LogP contribution in [0.4, 0.5) is 32.9 Å². The molecule has 0 radical (unpaired) electrons. The third-order valence-corrected chi connectivity index (χ3v) is 6.44. The zero-order valence-corrected chi connectivity index (χ0v) is 20.7. The second-order valence-electron chi connectivity index (χ2n) is 8.83. The lowest BCUT2D eigenvalue weighted by molar-refractivity contribution is 0.261. The lowest BCUT2D eigenvalue weighted by atomic mass is 10.1. The molecule has 38 heavy (non-hydrogen) atoms. The van der Waals surface area contributed by atoms with Gasteiger partial charge >= 0.3 is 12.1 Å². The van der Waals surface area contributed by atoms with Gasteiger partial charge in [-0.2, -0.15) is 0 Å². The monoisotopic (exact) mass is 504 g/mol. The molecular formula is C28H24N8O2. The van der Waals surface area contributed by atoms with Gasteiger partial charge in [-0.05, 0) is 36.4 Å². The average molecular weight is 505 g/mol. The standard InChI is InChI=1S/C28H24N8O2/c1-35-23-15-5-3-11-21(23)29-25(35)33-27(37)31-19-13-7-10-18-17(19)9-8-14-20(18)32-28(38)34-26-30-22-12-4-6-16-24(22)36(26)2/h3-16H,1-2H3,(H2,29,31,33,37)(H2,30,32,34,38). The largest absolute Gasteiger partial charge is 0.326 e. The maximum Gasteiger partial charge on any atom is 0.326 e. The Hall–Kier alpha value is -5.38. The number of benzene rings is 4. The summed E-state index contributed by atoms with van der Waals surface area (Å²) in [4.78, 5) is 34.7. The number of para-hydroxylation sites is 4. The lowest BCUT2D eigenvalue weighted by Gasteiger charge is -2.13. The number of imidazole rings is 2. The number of carbonyl (C=O) groups excluding carboxylic acids is 2. The molecule has 4 aromatic carbocycles. The van der Waals surface area contributed by atoms with Crippen LogP contribution in [0.5, 0.6) is 0 Å². The summed E-state index contributed by atoms with van der Waals surface area (Å²) in [6.07, 6.45) is 0. The fourth-order valence-corrected chi connectivity index (χ4v) is 4.55. The molecule has 0 saturated carbocycles. The van der Waals surface area contributed by atoms with E-state index < -0.39 is 12.1 Å². The molecule has 4 amide bonds. The van der Waals surface area contributed by atoms with Crippen molar-refractivity contribution in [3.63, 3.8) is 0 Å². The second-order valence-corrected chi connectivity index (χ2v) is 8.83. The number of nitrogens with one attached hydrogen (secondary N) is 4. The smallest absolute Gasteiger partial charge is 0.313 e. The van der Waals surface area contributed by atoms with E-state index in [0.717, 1.165) is 32.8 Å². The van der Waals surface area contributed by atoms with Crippen LogP contribution in [0.1, 0.15) is 0 Å². The van der Waals surface area contributed by atoms with E-state index in [4.69, 9.17) is 0 Å². The van der Waals surface area contributed by atoms with Crippen molar-refractivity contribution < 1.29 is 9.59 Å². The number of aromatic nitrogens is 4. The Morgan fingerprint density at radius 3 is 1.39 bits per heavy atom. The molecule has 4 N–H and O–H groups in total. The van der Waals surface area contributed by atoms with Crippen molar-refractivity contribution in [3.05, 3.63) is 84.9 Å². The van der Waals surface area contributed by atoms with E-state index in [1.807, 2.05) is 96.0 Å². The molecule has 2 heterocycles. The molecule has 0 aliphatic heterocycles. The van der Waals surface area contributed by atoms with Gasteiger partial charge in [0.25, 0.3) is 0 Å². The molecular weight excluding hydrogens is 480 g/mol. The van der Waals surface area contributed by atoms with Crippen LogP contribution in [0.15, 0.2) is 84.9 Å². The van der Waals surface area contributed by atoms with Crippen molar-refractivity contribution in [3.8, 4) is 0 Å². The third kappa shape index (κ3) is 4.13. The van der Waals surface area contributed by atoms with Gasteiger partial charge < -0.3 is 19.8 Å². The highest BCUT2D eigenvalue weighted by atomic mass is 16.2. The molecule has 0 spiro atoms. The molecule has 10 nitrogen and oxygen atoms in total. The van der Waals surface area contributed by atoms with Crippen molar-refractivity contribution in [2.45, 2.75) is 0 Å². The fourth-order valence-electron chi connectivity index (χ4n) is 4.55. The van der Waals surface area contributed by atoms with Crippen molar-refractivity contribution in [1.29, 1.82) is 0 Å². The average Bonchev–Trinajstić information content (AvgIpc) is 3.40. The Bertz CT molecular complexity index is 1720. The van der Waals surface area contributed by atoms with Crippen LogP contribution < -0.4 is 21.3 Å². The summed E-state index contributed by atoms with van der Waals surface area (Å²) in [5.41, 5.74) is 4.61. The van der Waals surface area contributed by atoms with E-state index in [2.05, 4.69) is 31.2 Å². The summed E-state index contributed by atoms with van der Waals surface area (Å²) < 4.78 is 3.65. The van der Waals surface area contributed by atoms with E-state index in [1.165, 1.54) is 0 Å². The Labute approximate surface area is 217 Å². The SMILES string of the molecule is Cn1c(NC(=O)Nc2cccc3c(NC(=O)Nc4nc5ccccc5n4C)cccc23)nc2ccccc21. The number of amides is 4. The van der Waals surface area contributed by atoms with Gasteiger partial charge in [0.2, 0.25) is 11.9 Å². The topological polar surface area (TPSA) is 118 Å². The number of aryl methyl sites for hydroxylation is 2. The number of nitrogens with zero attached hydrogens (tertiary/aromatic N) is 4. The first-order chi connectivity index (χ1) is 18.5. The molecule has 0 unspecified atom stereocenters. The van der Waals surface area contributed by atoms with Crippen LogP contribution in [-0.2, 0) is 14.1 Å². The van der Waals surface area contributed by atoms with E-state index in [1.54, 1.807) is 12.1 Å². The van der Waals surface area contributed by atoms with Gasteiger partial charge in [0, 0.05) is 24.9 Å². The van der Waals surface area contributed by atoms with Gasteiger partial charge in [-0.15, -0.1) is 0 Å². The number of hydrogen-bond donors (Lipinski definition) is 4. The predicted octanol–water partition coefficient (Wildman–Crippen LogP) is 5.90.